The molecule has 0 spiro atoms. The smallest absolute Gasteiger partial charge is 0.244 e. The number of hydrogen-bond donors (Lipinski definition) is 1. The standard InChI is InChI=1S/C16H23NO/c1-12(2)17-15(18)11-8-13-6-9-14(10-7-13)16(3,4)5/h6-12H,1-5H3,(H,17,18). The minimum absolute atomic E-state index is 0.0510. The van der Waals surface area contributed by atoms with Crippen LogP contribution in [0.25, 0.3) is 6.08 Å². The van der Waals surface area contributed by atoms with Gasteiger partial charge in [-0.1, -0.05) is 45.0 Å². The molecular weight excluding hydrogens is 222 g/mol. The lowest BCUT2D eigenvalue weighted by molar-refractivity contribution is -0.116. The van der Waals surface area contributed by atoms with Crippen molar-refractivity contribution in [1.82, 2.24) is 5.32 Å². The maximum absolute atomic E-state index is 11.5. The van der Waals surface area contributed by atoms with Crippen molar-refractivity contribution in [2.75, 3.05) is 0 Å². The molecule has 2 nitrogen and oxygen atoms in total. The van der Waals surface area contributed by atoms with Gasteiger partial charge in [-0.25, -0.2) is 0 Å². The Hall–Kier alpha value is -1.57. The largest absolute Gasteiger partial charge is 0.350 e. The van der Waals surface area contributed by atoms with Gasteiger partial charge >= 0.3 is 0 Å². The van der Waals surface area contributed by atoms with E-state index in [0.29, 0.717) is 0 Å². The Bertz CT molecular complexity index is 421. The van der Waals surface area contributed by atoms with Gasteiger partial charge in [0.05, 0.1) is 0 Å². The van der Waals surface area contributed by atoms with Crippen LogP contribution in [0.2, 0.25) is 0 Å². The molecule has 0 aromatic heterocycles. The molecule has 0 fully saturated rings. The zero-order valence-electron chi connectivity index (χ0n) is 11.9. The molecule has 1 amide bonds. The van der Waals surface area contributed by atoms with Crippen molar-refractivity contribution < 1.29 is 4.79 Å². The summed E-state index contributed by atoms with van der Waals surface area (Å²) in [6, 6.07) is 8.48. The average Bonchev–Trinajstić information content (AvgIpc) is 2.25. The van der Waals surface area contributed by atoms with Crippen LogP contribution >= 0.6 is 0 Å². The van der Waals surface area contributed by atoms with Crippen molar-refractivity contribution >= 4 is 12.0 Å². The van der Waals surface area contributed by atoms with E-state index in [9.17, 15) is 4.79 Å². The van der Waals surface area contributed by atoms with Gasteiger partial charge in [-0.3, -0.25) is 4.79 Å². The first kappa shape index (κ1) is 14.5. The van der Waals surface area contributed by atoms with Crippen LogP contribution in [0.4, 0.5) is 0 Å². The lowest BCUT2D eigenvalue weighted by Gasteiger charge is -2.18. The van der Waals surface area contributed by atoms with Crippen molar-refractivity contribution in [1.29, 1.82) is 0 Å². The molecule has 0 saturated carbocycles. The molecular formula is C16H23NO. The summed E-state index contributed by atoms with van der Waals surface area (Å²) < 4.78 is 0. The molecule has 0 saturated heterocycles. The quantitative estimate of drug-likeness (QED) is 0.811. The number of carbonyl (C=O) groups excluding carboxylic acids is 1. The molecule has 18 heavy (non-hydrogen) atoms. The summed E-state index contributed by atoms with van der Waals surface area (Å²) in [6.45, 7) is 10.5. The highest BCUT2D eigenvalue weighted by molar-refractivity contribution is 5.91. The second-order valence-electron chi connectivity index (χ2n) is 5.87. The molecule has 0 aliphatic carbocycles. The summed E-state index contributed by atoms with van der Waals surface area (Å²) in [6.07, 6.45) is 3.41. The number of nitrogens with one attached hydrogen (secondary N) is 1. The van der Waals surface area contributed by atoms with Gasteiger partial charge in [0.15, 0.2) is 0 Å². The van der Waals surface area contributed by atoms with Gasteiger partial charge in [0.2, 0.25) is 5.91 Å². The van der Waals surface area contributed by atoms with Gasteiger partial charge in [-0.2, -0.15) is 0 Å². The number of benzene rings is 1. The number of amides is 1. The highest BCUT2D eigenvalue weighted by Crippen LogP contribution is 2.22. The van der Waals surface area contributed by atoms with E-state index in [-0.39, 0.29) is 17.4 Å². The van der Waals surface area contributed by atoms with Crippen LogP contribution in [0, 0.1) is 0 Å². The molecule has 1 N–H and O–H groups in total. The highest BCUT2D eigenvalue weighted by atomic mass is 16.1. The number of carbonyl (C=O) groups is 1. The van der Waals surface area contributed by atoms with Crippen molar-refractivity contribution in [3.63, 3.8) is 0 Å². The highest BCUT2D eigenvalue weighted by Gasteiger charge is 2.12. The average molecular weight is 245 g/mol. The molecule has 1 aromatic rings. The summed E-state index contributed by atoms with van der Waals surface area (Å²) in [7, 11) is 0. The van der Waals surface area contributed by atoms with Gasteiger partial charge in [0.1, 0.15) is 0 Å². The molecule has 0 aliphatic heterocycles. The second kappa shape index (κ2) is 5.85. The Kier molecular flexibility index (Phi) is 4.71. The minimum atomic E-state index is -0.0510. The molecule has 0 heterocycles. The van der Waals surface area contributed by atoms with Crippen LogP contribution in [0.1, 0.15) is 45.7 Å². The first-order valence-electron chi connectivity index (χ1n) is 6.38. The first-order valence-corrected chi connectivity index (χ1v) is 6.38. The van der Waals surface area contributed by atoms with Crippen LogP contribution in [0.15, 0.2) is 30.3 Å². The molecule has 1 rings (SSSR count). The van der Waals surface area contributed by atoms with Crippen molar-refractivity contribution in [3.05, 3.63) is 41.5 Å². The van der Waals surface area contributed by atoms with Crippen LogP contribution in [-0.2, 0) is 10.2 Å². The van der Waals surface area contributed by atoms with Crippen molar-refractivity contribution in [2.45, 2.75) is 46.1 Å². The van der Waals surface area contributed by atoms with Gasteiger partial charge in [0.25, 0.3) is 0 Å². The zero-order valence-corrected chi connectivity index (χ0v) is 11.9. The van der Waals surface area contributed by atoms with Crippen molar-refractivity contribution in [3.8, 4) is 0 Å². The molecule has 0 bridgehead atoms. The van der Waals surface area contributed by atoms with Crippen LogP contribution in [-0.4, -0.2) is 11.9 Å². The molecule has 98 valence electrons. The lowest BCUT2D eigenvalue weighted by Crippen LogP contribution is -2.28. The predicted molar refractivity (Wildman–Crippen MR) is 77.5 cm³/mol. The first-order chi connectivity index (χ1) is 8.29. The molecule has 2 heteroatoms. The maximum Gasteiger partial charge on any atom is 0.244 e. The minimum Gasteiger partial charge on any atom is -0.350 e. The van der Waals surface area contributed by atoms with Gasteiger partial charge in [0, 0.05) is 12.1 Å². The van der Waals surface area contributed by atoms with Gasteiger partial charge < -0.3 is 5.32 Å². The fourth-order valence-corrected chi connectivity index (χ4v) is 1.60. The molecule has 1 aromatic carbocycles. The monoisotopic (exact) mass is 245 g/mol. The number of hydrogen-bond acceptors (Lipinski definition) is 1. The third-order valence-electron chi connectivity index (χ3n) is 2.63. The Morgan fingerprint density at radius 1 is 1.17 bits per heavy atom. The molecule has 0 aliphatic rings. The third-order valence-corrected chi connectivity index (χ3v) is 2.63. The zero-order chi connectivity index (χ0) is 13.8. The Morgan fingerprint density at radius 3 is 2.17 bits per heavy atom. The van der Waals surface area contributed by atoms with E-state index >= 15 is 0 Å². The Morgan fingerprint density at radius 2 is 1.72 bits per heavy atom. The lowest BCUT2D eigenvalue weighted by atomic mass is 9.87. The topological polar surface area (TPSA) is 29.1 Å². The molecule has 0 atom stereocenters. The van der Waals surface area contributed by atoms with E-state index in [0.717, 1.165) is 5.56 Å². The Balaban J connectivity index is 2.70. The normalized spacial score (nSPS) is 12.1. The van der Waals surface area contributed by atoms with Crippen LogP contribution < -0.4 is 5.32 Å². The van der Waals surface area contributed by atoms with Gasteiger partial charge in [-0.05, 0) is 36.5 Å². The SMILES string of the molecule is CC(C)NC(=O)C=Cc1ccc(C(C)(C)C)cc1. The maximum atomic E-state index is 11.5. The van der Waals surface area contributed by atoms with E-state index in [2.05, 4.69) is 38.2 Å². The molecule has 0 radical (unpaired) electrons. The van der Waals surface area contributed by atoms with Crippen molar-refractivity contribution in [2.24, 2.45) is 0 Å². The van der Waals surface area contributed by atoms with E-state index in [1.54, 1.807) is 6.08 Å². The summed E-state index contributed by atoms with van der Waals surface area (Å²) in [4.78, 5) is 11.5. The second-order valence-corrected chi connectivity index (χ2v) is 5.87. The summed E-state index contributed by atoms with van der Waals surface area (Å²) >= 11 is 0. The van der Waals surface area contributed by atoms with E-state index in [1.165, 1.54) is 5.56 Å². The fourth-order valence-electron chi connectivity index (χ4n) is 1.60. The Labute approximate surface area is 110 Å². The summed E-state index contributed by atoms with van der Waals surface area (Å²) in [5, 5.41) is 2.82. The van der Waals surface area contributed by atoms with Gasteiger partial charge in [-0.15, -0.1) is 0 Å². The molecule has 0 unspecified atom stereocenters. The fraction of sp³-hybridized carbons (Fsp3) is 0.438. The van der Waals surface area contributed by atoms with E-state index < -0.39 is 0 Å². The predicted octanol–water partition coefficient (Wildman–Crippen LogP) is 3.52. The number of rotatable bonds is 3. The summed E-state index contributed by atoms with van der Waals surface area (Å²) in [5.41, 5.74) is 2.50. The van der Waals surface area contributed by atoms with Crippen LogP contribution in [0.3, 0.4) is 0 Å². The van der Waals surface area contributed by atoms with E-state index in [4.69, 9.17) is 0 Å². The summed E-state index contributed by atoms with van der Waals surface area (Å²) in [5.74, 6) is -0.0510. The van der Waals surface area contributed by atoms with Crippen LogP contribution in [0.5, 0.6) is 0 Å². The van der Waals surface area contributed by atoms with E-state index in [1.807, 2.05) is 32.1 Å². The third kappa shape index (κ3) is 4.74.